The molecule has 0 heterocycles. The summed E-state index contributed by atoms with van der Waals surface area (Å²) < 4.78 is 11.7. The van der Waals surface area contributed by atoms with Crippen molar-refractivity contribution in [1.82, 2.24) is 0 Å². The van der Waals surface area contributed by atoms with Crippen LogP contribution in [0.1, 0.15) is 20.3 Å². The monoisotopic (exact) mass is 333 g/mol. The van der Waals surface area contributed by atoms with Crippen molar-refractivity contribution >= 4 is 0 Å². The van der Waals surface area contributed by atoms with Gasteiger partial charge in [-0.1, -0.05) is 37.3 Å². The maximum Gasteiger partial charge on any atom is 0.186 e. The lowest BCUT2D eigenvalue weighted by atomic mass is 10.0. The van der Waals surface area contributed by atoms with Gasteiger partial charge >= 0.3 is 0 Å². The Labute approximate surface area is 148 Å². The maximum atomic E-state index is 12.0. The fourth-order valence-corrected chi connectivity index (χ4v) is 2.47. The fourth-order valence-electron chi connectivity index (χ4n) is 2.47. The zero-order chi connectivity index (χ0) is 17.6. The van der Waals surface area contributed by atoms with Gasteiger partial charge in [-0.3, -0.25) is 5.11 Å². The van der Waals surface area contributed by atoms with E-state index >= 15 is 0 Å². The highest BCUT2D eigenvalue weighted by Gasteiger charge is 2.07. The molecule has 0 amide bonds. The van der Waals surface area contributed by atoms with E-state index in [2.05, 4.69) is 6.92 Å². The fraction of sp³-hybridized carbons (Fsp3) is 0.182. The SMILES string of the molecule is CCC(C)Oc1ccc(Oc2cccc(-c3ccccc3[O])c2)cc1. The normalized spacial score (nSPS) is 11.8. The zero-order valence-corrected chi connectivity index (χ0v) is 14.4. The van der Waals surface area contributed by atoms with Gasteiger partial charge in [0.25, 0.3) is 0 Å². The van der Waals surface area contributed by atoms with Crippen LogP contribution in [0.2, 0.25) is 0 Å². The molecule has 0 bridgehead atoms. The quantitative estimate of drug-likeness (QED) is 0.518. The van der Waals surface area contributed by atoms with Crippen molar-refractivity contribution < 1.29 is 14.6 Å². The number of rotatable bonds is 6. The highest BCUT2D eigenvalue weighted by atomic mass is 16.5. The summed E-state index contributed by atoms with van der Waals surface area (Å²) in [7, 11) is 0. The molecule has 3 aromatic carbocycles. The van der Waals surface area contributed by atoms with Crippen LogP contribution in [0.5, 0.6) is 23.0 Å². The van der Waals surface area contributed by atoms with Gasteiger partial charge in [-0.15, -0.1) is 0 Å². The number of benzene rings is 3. The maximum absolute atomic E-state index is 12.0. The standard InChI is InChI=1S/C22H21O3/c1-3-16(2)24-18-11-13-19(14-12-18)25-20-8-6-7-17(15-20)21-9-4-5-10-22(21)23/h4-16H,3H2,1-2H3. The van der Waals surface area contributed by atoms with Crippen LogP contribution in [-0.4, -0.2) is 6.10 Å². The summed E-state index contributed by atoms with van der Waals surface area (Å²) in [5, 5.41) is 12.0. The summed E-state index contributed by atoms with van der Waals surface area (Å²) in [5.74, 6) is 2.25. The third kappa shape index (κ3) is 4.32. The first kappa shape index (κ1) is 16.9. The molecule has 0 aliphatic carbocycles. The van der Waals surface area contributed by atoms with Crippen LogP contribution in [0, 0.1) is 0 Å². The van der Waals surface area contributed by atoms with E-state index in [4.69, 9.17) is 9.47 Å². The molecule has 0 spiro atoms. The minimum atomic E-state index is 0.00574. The van der Waals surface area contributed by atoms with E-state index in [0.29, 0.717) is 11.3 Å². The molecule has 0 saturated heterocycles. The topological polar surface area (TPSA) is 38.4 Å². The average molecular weight is 333 g/mol. The second kappa shape index (κ2) is 7.75. The molecule has 127 valence electrons. The van der Waals surface area contributed by atoms with E-state index in [1.54, 1.807) is 12.1 Å². The molecule has 3 rings (SSSR count). The van der Waals surface area contributed by atoms with Crippen LogP contribution in [0.15, 0.2) is 72.8 Å². The predicted octanol–water partition coefficient (Wildman–Crippen LogP) is 6.47. The molecule has 1 radical (unpaired) electrons. The summed E-state index contributed by atoms with van der Waals surface area (Å²) in [5.41, 5.74) is 1.52. The molecule has 0 fully saturated rings. The van der Waals surface area contributed by atoms with Crippen LogP contribution in [0.4, 0.5) is 0 Å². The van der Waals surface area contributed by atoms with Gasteiger partial charge in [-0.05, 0) is 61.4 Å². The van der Waals surface area contributed by atoms with Crippen molar-refractivity contribution in [2.45, 2.75) is 26.4 Å². The average Bonchev–Trinajstić information content (AvgIpc) is 2.64. The lowest BCUT2D eigenvalue weighted by molar-refractivity contribution is 0.217. The Bertz CT molecular complexity index is 825. The van der Waals surface area contributed by atoms with Gasteiger partial charge in [-0.25, -0.2) is 0 Å². The Morgan fingerprint density at radius 1 is 0.840 bits per heavy atom. The van der Waals surface area contributed by atoms with Crippen molar-refractivity contribution in [3.63, 3.8) is 0 Å². The minimum absolute atomic E-state index is 0.00574. The Hall–Kier alpha value is -2.94. The lowest BCUT2D eigenvalue weighted by Crippen LogP contribution is -2.09. The number of hydrogen-bond acceptors (Lipinski definition) is 2. The van der Waals surface area contributed by atoms with Crippen LogP contribution >= 0.6 is 0 Å². The van der Waals surface area contributed by atoms with Gasteiger partial charge in [0, 0.05) is 5.56 Å². The van der Waals surface area contributed by atoms with Gasteiger partial charge in [0.1, 0.15) is 17.2 Å². The molecular weight excluding hydrogens is 312 g/mol. The molecule has 3 aromatic rings. The van der Waals surface area contributed by atoms with E-state index in [1.165, 1.54) is 0 Å². The molecule has 1 unspecified atom stereocenters. The van der Waals surface area contributed by atoms with Crippen molar-refractivity contribution in [1.29, 1.82) is 0 Å². The zero-order valence-electron chi connectivity index (χ0n) is 14.4. The van der Waals surface area contributed by atoms with Gasteiger partial charge in [-0.2, -0.15) is 0 Å². The van der Waals surface area contributed by atoms with Crippen molar-refractivity contribution in [2.75, 3.05) is 0 Å². The third-order valence-electron chi connectivity index (χ3n) is 4.00. The first-order valence-corrected chi connectivity index (χ1v) is 8.46. The number of ether oxygens (including phenoxy) is 2. The first-order valence-electron chi connectivity index (χ1n) is 8.46. The highest BCUT2D eigenvalue weighted by Crippen LogP contribution is 2.33. The molecule has 1 atom stereocenters. The second-order valence-corrected chi connectivity index (χ2v) is 5.93. The van der Waals surface area contributed by atoms with Crippen LogP contribution in [-0.2, 0) is 5.11 Å². The van der Waals surface area contributed by atoms with E-state index in [9.17, 15) is 5.11 Å². The van der Waals surface area contributed by atoms with Gasteiger partial charge in [0.2, 0.25) is 0 Å². The summed E-state index contributed by atoms with van der Waals surface area (Å²) in [6.45, 7) is 4.14. The first-order chi connectivity index (χ1) is 12.2. The smallest absolute Gasteiger partial charge is 0.186 e. The van der Waals surface area contributed by atoms with E-state index in [-0.39, 0.29) is 11.9 Å². The molecule has 3 nitrogen and oxygen atoms in total. The Morgan fingerprint density at radius 2 is 1.56 bits per heavy atom. The second-order valence-electron chi connectivity index (χ2n) is 5.93. The Balaban J connectivity index is 1.75. The van der Waals surface area contributed by atoms with Gasteiger partial charge in [0.05, 0.1) is 6.10 Å². The predicted molar refractivity (Wildman–Crippen MR) is 98.9 cm³/mol. The van der Waals surface area contributed by atoms with Crippen LogP contribution < -0.4 is 9.47 Å². The summed E-state index contributed by atoms with van der Waals surface area (Å²) in [6, 6.07) is 22.1. The highest BCUT2D eigenvalue weighted by molar-refractivity contribution is 5.71. The number of para-hydroxylation sites is 1. The van der Waals surface area contributed by atoms with E-state index in [0.717, 1.165) is 23.5 Å². The Kier molecular flexibility index (Phi) is 5.24. The van der Waals surface area contributed by atoms with Gasteiger partial charge in [0.15, 0.2) is 5.75 Å². The van der Waals surface area contributed by atoms with Gasteiger partial charge < -0.3 is 9.47 Å². The number of hydrogen-bond donors (Lipinski definition) is 0. The molecule has 0 saturated carbocycles. The minimum Gasteiger partial charge on any atom is -0.491 e. The molecule has 0 aliphatic rings. The largest absolute Gasteiger partial charge is 0.491 e. The summed E-state index contributed by atoms with van der Waals surface area (Å²) in [6.07, 6.45) is 1.15. The molecule has 3 heteroatoms. The van der Waals surface area contributed by atoms with Crippen LogP contribution in [0.3, 0.4) is 0 Å². The Morgan fingerprint density at radius 3 is 2.28 bits per heavy atom. The molecular formula is C22H21O3. The summed E-state index contributed by atoms with van der Waals surface area (Å²) in [4.78, 5) is 0. The van der Waals surface area contributed by atoms with E-state index in [1.807, 2.05) is 67.6 Å². The molecule has 0 aromatic heterocycles. The van der Waals surface area contributed by atoms with Crippen molar-refractivity contribution in [3.8, 4) is 34.1 Å². The van der Waals surface area contributed by atoms with Crippen molar-refractivity contribution in [2.24, 2.45) is 0 Å². The molecule has 0 aliphatic heterocycles. The van der Waals surface area contributed by atoms with Crippen molar-refractivity contribution in [3.05, 3.63) is 72.8 Å². The third-order valence-corrected chi connectivity index (χ3v) is 4.00. The summed E-state index contributed by atoms with van der Waals surface area (Å²) >= 11 is 0. The molecule has 0 N–H and O–H groups in total. The van der Waals surface area contributed by atoms with E-state index < -0.39 is 0 Å². The lowest BCUT2D eigenvalue weighted by Gasteiger charge is -2.13. The molecule has 25 heavy (non-hydrogen) atoms. The van der Waals surface area contributed by atoms with Crippen LogP contribution in [0.25, 0.3) is 11.1 Å².